The van der Waals surface area contributed by atoms with Crippen molar-refractivity contribution >= 4 is 11.8 Å². The van der Waals surface area contributed by atoms with Crippen molar-refractivity contribution in [2.24, 2.45) is 0 Å². The molecule has 0 radical (unpaired) electrons. The summed E-state index contributed by atoms with van der Waals surface area (Å²) in [6.45, 7) is 1.51. The van der Waals surface area contributed by atoms with E-state index in [9.17, 15) is 17.6 Å². The summed E-state index contributed by atoms with van der Waals surface area (Å²) in [6, 6.07) is 2.21. The summed E-state index contributed by atoms with van der Waals surface area (Å²) in [4.78, 5) is 0.0253. The second-order valence-corrected chi connectivity index (χ2v) is 3.67. The van der Waals surface area contributed by atoms with E-state index in [1.54, 1.807) is 0 Å². The van der Waals surface area contributed by atoms with Gasteiger partial charge < -0.3 is 0 Å². The first-order valence-electron chi connectivity index (χ1n) is 3.77. The molecule has 0 N–H and O–H groups in total. The molecule has 78 valence electrons. The maximum Gasteiger partial charge on any atom is 0.419 e. The zero-order chi connectivity index (χ0) is 10.9. The van der Waals surface area contributed by atoms with Crippen LogP contribution in [0, 0.1) is 12.7 Å². The van der Waals surface area contributed by atoms with E-state index in [-0.39, 0.29) is 4.90 Å². The Labute approximate surface area is 83.3 Å². The van der Waals surface area contributed by atoms with E-state index in [4.69, 9.17) is 0 Å². The topological polar surface area (TPSA) is 0 Å². The van der Waals surface area contributed by atoms with Gasteiger partial charge in [-0.1, -0.05) is 0 Å². The van der Waals surface area contributed by atoms with Gasteiger partial charge in [-0.25, -0.2) is 4.39 Å². The van der Waals surface area contributed by atoms with E-state index >= 15 is 0 Å². The lowest BCUT2D eigenvalue weighted by Crippen LogP contribution is -2.09. The van der Waals surface area contributed by atoms with Crippen molar-refractivity contribution in [3.8, 4) is 0 Å². The molecule has 0 saturated carbocycles. The minimum Gasteiger partial charge on any atom is -0.205 e. The van der Waals surface area contributed by atoms with Crippen LogP contribution in [0.2, 0.25) is 0 Å². The normalized spacial score (nSPS) is 11.9. The Morgan fingerprint density at radius 2 is 1.79 bits per heavy atom. The highest BCUT2D eigenvalue weighted by Crippen LogP contribution is 2.35. The predicted octanol–water partition coefficient (Wildman–Crippen LogP) is 3.87. The van der Waals surface area contributed by atoms with Crippen LogP contribution in [0.25, 0.3) is 0 Å². The molecule has 0 heterocycles. The third-order valence-corrected chi connectivity index (χ3v) is 2.45. The SMILES string of the molecule is CSc1cc(C)cc(C(F)(F)F)c1F. The molecule has 5 heteroatoms. The van der Waals surface area contributed by atoms with Gasteiger partial charge in [-0.3, -0.25) is 0 Å². The van der Waals surface area contributed by atoms with E-state index in [1.807, 2.05) is 0 Å². The summed E-state index contributed by atoms with van der Waals surface area (Å²) in [5.41, 5.74) is -0.787. The van der Waals surface area contributed by atoms with E-state index < -0.39 is 17.6 Å². The monoisotopic (exact) mass is 224 g/mol. The van der Waals surface area contributed by atoms with Gasteiger partial charge in [0.2, 0.25) is 0 Å². The molecule has 0 aromatic heterocycles. The summed E-state index contributed by atoms with van der Waals surface area (Å²) in [7, 11) is 0. The molecule has 1 aromatic rings. The standard InChI is InChI=1S/C9H8F4S/c1-5-3-6(9(11,12)13)8(10)7(4-5)14-2/h3-4H,1-2H3. The molecule has 1 rings (SSSR count). The molecular weight excluding hydrogens is 216 g/mol. The van der Waals surface area contributed by atoms with Gasteiger partial charge in [-0.05, 0) is 30.9 Å². The van der Waals surface area contributed by atoms with Crippen molar-refractivity contribution in [3.05, 3.63) is 29.1 Å². The first-order chi connectivity index (χ1) is 6.36. The number of aryl methyl sites for hydroxylation is 1. The van der Waals surface area contributed by atoms with Gasteiger partial charge in [0.25, 0.3) is 0 Å². The van der Waals surface area contributed by atoms with Gasteiger partial charge in [0.05, 0.1) is 5.56 Å². The predicted molar refractivity (Wildman–Crippen MR) is 47.9 cm³/mol. The van der Waals surface area contributed by atoms with E-state index in [1.165, 1.54) is 19.2 Å². The molecular formula is C9H8F4S. The molecule has 0 amide bonds. The molecule has 0 aliphatic heterocycles. The van der Waals surface area contributed by atoms with Gasteiger partial charge in [0.15, 0.2) is 0 Å². The van der Waals surface area contributed by atoms with Gasteiger partial charge in [-0.15, -0.1) is 11.8 Å². The Kier molecular flexibility index (Phi) is 3.09. The maximum absolute atomic E-state index is 13.2. The Morgan fingerprint density at radius 3 is 2.21 bits per heavy atom. The van der Waals surface area contributed by atoms with Crippen molar-refractivity contribution in [2.75, 3.05) is 6.26 Å². The third-order valence-electron chi connectivity index (χ3n) is 1.71. The summed E-state index contributed by atoms with van der Waals surface area (Å²) >= 11 is 0.965. The maximum atomic E-state index is 13.2. The quantitative estimate of drug-likeness (QED) is 0.515. The second-order valence-electron chi connectivity index (χ2n) is 2.83. The first kappa shape index (κ1) is 11.4. The average Bonchev–Trinajstić information content (AvgIpc) is 2.06. The number of thioether (sulfide) groups is 1. The molecule has 0 atom stereocenters. The number of rotatable bonds is 1. The molecule has 1 aromatic carbocycles. The molecule has 0 unspecified atom stereocenters. The van der Waals surface area contributed by atoms with E-state index in [0.717, 1.165) is 17.8 Å². The van der Waals surface area contributed by atoms with Crippen LogP contribution < -0.4 is 0 Å². The van der Waals surface area contributed by atoms with Gasteiger partial charge >= 0.3 is 6.18 Å². The Bertz CT molecular complexity index is 343. The van der Waals surface area contributed by atoms with Crippen LogP contribution in [0.4, 0.5) is 17.6 Å². The zero-order valence-corrected chi connectivity index (χ0v) is 8.39. The molecule has 0 fully saturated rings. The molecule has 0 spiro atoms. The third kappa shape index (κ3) is 2.20. The van der Waals surface area contributed by atoms with E-state index in [2.05, 4.69) is 0 Å². The minimum atomic E-state index is -4.62. The lowest BCUT2D eigenvalue weighted by atomic mass is 10.1. The second kappa shape index (κ2) is 3.81. The van der Waals surface area contributed by atoms with Crippen molar-refractivity contribution in [1.29, 1.82) is 0 Å². The lowest BCUT2D eigenvalue weighted by molar-refractivity contribution is -0.140. The van der Waals surface area contributed by atoms with Gasteiger partial charge in [0, 0.05) is 4.90 Å². The average molecular weight is 224 g/mol. The van der Waals surface area contributed by atoms with Crippen molar-refractivity contribution < 1.29 is 17.6 Å². The Balaban J connectivity index is 3.37. The first-order valence-corrected chi connectivity index (χ1v) is 5.00. The number of hydrogen-bond acceptors (Lipinski definition) is 1. The molecule has 0 aliphatic carbocycles. The van der Waals surface area contributed by atoms with Crippen LogP contribution >= 0.6 is 11.8 Å². The number of alkyl halides is 3. The van der Waals surface area contributed by atoms with Crippen LogP contribution in [0.15, 0.2) is 17.0 Å². The highest BCUT2D eigenvalue weighted by Gasteiger charge is 2.35. The highest BCUT2D eigenvalue weighted by atomic mass is 32.2. The van der Waals surface area contributed by atoms with Crippen LogP contribution in [0.5, 0.6) is 0 Å². The minimum absolute atomic E-state index is 0.0253. The largest absolute Gasteiger partial charge is 0.419 e. The zero-order valence-electron chi connectivity index (χ0n) is 7.57. The Hall–Kier alpha value is -0.710. The smallest absolute Gasteiger partial charge is 0.205 e. The van der Waals surface area contributed by atoms with Crippen molar-refractivity contribution in [1.82, 2.24) is 0 Å². The summed E-state index contributed by atoms with van der Waals surface area (Å²) in [5.74, 6) is -1.18. The van der Waals surface area contributed by atoms with Crippen LogP contribution in [0.1, 0.15) is 11.1 Å². The van der Waals surface area contributed by atoms with Gasteiger partial charge in [-0.2, -0.15) is 13.2 Å². The van der Waals surface area contributed by atoms with Crippen LogP contribution in [-0.4, -0.2) is 6.26 Å². The van der Waals surface area contributed by atoms with Crippen LogP contribution in [-0.2, 0) is 6.18 Å². The molecule has 0 bridgehead atoms. The molecule has 14 heavy (non-hydrogen) atoms. The summed E-state index contributed by atoms with van der Waals surface area (Å²) < 4.78 is 50.1. The molecule has 0 nitrogen and oxygen atoms in total. The summed E-state index contributed by atoms with van der Waals surface area (Å²) in [5, 5.41) is 0. The summed E-state index contributed by atoms with van der Waals surface area (Å²) in [6.07, 6.45) is -3.08. The van der Waals surface area contributed by atoms with E-state index in [0.29, 0.717) is 5.56 Å². The van der Waals surface area contributed by atoms with Gasteiger partial charge in [0.1, 0.15) is 5.82 Å². The lowest BCUT2D eigenvalue weighted by Gasteiger charge is -2.11. The number of halogens is 4. The molecule has 0 aliphatic rings. The number of hydrogen-bond donors (Lipinski definition) is 0. The fourth-order valence-electron chi connectivity index (χ4n) is 1.09. The van der Waals surface area contributed by atoms with Crippen LogP contribution in [0.3, 0.4) is 0 Å². The highest BCUT2D eigenvalue weighted by molar-refractivity contribution is 7.98. The fraction of sp³-hybridized carbons (Fsp3) is 0.333. The molecule has 0 saturated heterocycles. The number of benzene rings is 1. The van der Waals surface area contributed by atoms with Crippen molar-refractivity contribution in [2.45, 2.75) is 18.0 Å². The fourth-order valence-corrected chi connectivity index (χ4v) is 1.68. The van der Waals surface area contributed by atoms with Crippen molar-refractivity contribution in [3.63, 3.8) is 0 Å². The Morgan fingerprint density at radius 1 is 1.21 bits per heavy atom.